The smallest absolute Gasteiger partial charge is 0.0834 e. The number of rotatable bonds is 3. The van der Waals surface area contributed by atoms with Gasteiger partial charge in [-0.05, 0) is 25.7 Å². The van der Waals surface area contributed by atoms with Crippen LogP contribution in [-0.2, 0) is 4.74 Å². The quantitative estimate of drug-likeness (QED) is 0.775. The van der Waals surface area contributed by atoms with Crippen molar-refractivity contribution in [1.82, 2.24) is 0 Å². The van der Waals surface area contributed by atoms with Gasteiger partial charge in [-0.2, -0.15) is 0 Å². The maximum Gasteiger partial charge on any atom is 0.0834 e. The molecule has 0 aromatic heterocycles. The van der Waals surface area contributed by atoms with Gasteiger partial charge in [-0.3, -0.25) is 0 Å². The lowest BCUT2D eigenvalue weighted by atomic mass is 9.87. The largest absolute Gasteiger partial charge is 0.393 e. The zero-order valence-electron chi connectivity index (χ0n) is 9.98. The van der Waals surface area contributed by atoms with E-state index in [4.69, 9.17) is 4.74 Å². The molecule has 0 aromatic carbocycles. The maximum atomic E-state index is 9.82. The molecule has 4 atom stereocenters. The van der Waals surface area contributed by atoms with Gasteiger partial charge in [-0.15, -0.1) is 0 Å². The van der Waals surface area contributed by atoms with E-state index < -0.39 is 0 Å². The third-order valence-corrected chi connectivity index (χ3v) is 4.06. The minimum absolute atomic E-state index is 0.0166. The molecule has 0 saturated heterocycles. The van der Waals surface area contributed by atoms with Crippen molar-refractivity contribution < 1.29 is 14.9 Å². The number of hydrogen-bond acceptors (Lipinski definition) is 3. The van der Waals surface area contributed by atoms with Gasteiger partial charge < -0.3 is 14.9 Å². The molecule has 0 radical (unpaired) electrons. The van der Waals surface area contributed by atoms with E-state index in [1.807, 2.05) is 0 Å². The van der Waals surface area contributed by atoms with Crippen LogP contribution in [0.1, 0.15) is 51.4 Å². The van der Waals surface area contributed by atoms with Gasteiger partial charge in [0, 0.05) is 5.92 Å². The van der Waals surface area contributed by atoms with Crippen LogP contribution in [0.5, 0.6) is 0 Å². The van der Waals surface area contributed by atoms with Crippen molar-refractivity contribution >= 4 is 0 Å². The summed E-state index contributed by atoms with van der Waals surface area (Å²) in [7, 11) is 0. The molecule has 16 heavy (non-hydrogen) atoms. The molecule has 2 rings (SSSR count). The van der Waals surface area contributed by atoms with Crippen LogP contribution in [0.25, 0.3) is 0 Å². The zero-order chi connectivity index (χ0) is 11.4. The number of aliphatic hydroxyl groups is 2. The minimum atomic E-state index is -0.283. The first kappa shape index (κ1) is 12.3. The highest BCUT2D eigenvalue weighted by atomic mass is 16.5. The molecule has 0 aliphatic heterocycles. The van der Waals surface area contributed by atoms with E-state index in [0.717, 1.165) is 44.9 Å². The van der Waals surface area contributed by atoms with Crippen LogP contribution < -0.4 is 0 Å². The van der Waals surface area contributed by atoms with Crippen LogP contribution in [0.2, 0.25) is 0 Å². The first-order valence-electron chi connectivity index (χ1n) is 6.75. The molecule has 2 fully saturated rings. The molecule has 2 N–H and O–H groups in total. The number of ether oxygens (including phenoxy) is 1. The Balaban J connectivity index is 1.72. The average Bonchev–Trinajstić information content (AvgIpc) is 2.30. The summed E-state index contributed by atoms with van der Waals surface area (Å²) in [5.41, 5.74) is 0. The second kappa shape index (κ2) is 5.99. The predicted octanol–water partition coefficient (Wildman–Crippen LogP) is 1.86. The second-order valence-electron chi connectivity index (χ2n) is 5.34. The summed E-state index contributed by atoms with van der Waals surface area (Å²) >= 11 is 0. The van der Waals surface area contributed by atoms with Crippen LogP contribution >= 0.6 is 0 Å². The highest BCUT2D eigenvalue weighted by molar-refractivity contribution is 4.78. The summed E-state index contributed by atoms with van der Waals surface area (Å²) in [5, 5.41) is 19.6. The summed E-state index contributed by atoms with van der Waals surface area (Å²) in [6.45, 7) is 0.628. The van der Waals surface area contributed by atoms with Gasteiger partial charge in [0.1, 0.15) is 0 Å². The Morgan fingerprint density at radius 2 is 1.44 bits per heavy atom. The van der Waals surface area contributed by atoms with E-state index in [1.165, 1.54) is 6.42 Å². The van der Waals surface area contributed by atoms with E-state index in [-0.39, 0.29) is 18.3 Å². The fraction of sp³-hybridized carbons (Fsp3) is 1.00. The molecule has 94 valence electrons. The van der Waals surface area contributed by atoms with Crippen molar-refractivity contribution in [2.24, 2.45) is 5.92 Å². The molecule has 0 heterocycles. The lowest BCUT2D eigenvalue weighted by Crippen LogP contribution is -2.36. The molecule has 0 spiro atoms. The molecule has 0 amide bonds. The molecule has 0 aromatic rings. The van der Waals surface area contributed by atoms with Gasteiger partial charge in [-0.25, -0.2) is 0 Å². The van der Waals surface area contributed by atoms with Crippen LogP contribution in [0, 0.1) is 5.92 Å². The Morgan fingerprint density at radius 1 is 0.812 bits per heavy atom. The highest BCUT2D eigenvalue weighted by Gasteiger charge is 2.27. The van der Waals surface area contributed by atoms with Crippen molar-refractivity contribution in [3.8, 4) is 0 Å². The first-order chi connectivity index (χ1) is 7.77. The monoisotopic (exact) mass is 228 g/mol. The first-order valence-corrected chi connectivity index (χ1v) is 6.75. The van der Waals surface area contributed by atoms with Crippen molar-refractivity contribution in [3.63, 3.8) is 0 Å². The summed E-state index contributed by atoms with van der Waals surface area (Å²) < 4.78 is 5.80. The molecule has 3 nitrogen and oxygen atoms in total. The van der Waals surface area contributed by atoms with Crippen LogP contribution in [0.15, 0.2) is 0 Å². The molecular formula is C13H24O3. The van der Waals surface area contributed by atoms with E-state index in [0.29, 0.717) is 12.5 Å². The predicted molar refractivity (Wildman–Crippen MR) is 62.2 cm³/mol. The van der Waals surface area contributed by atoms with Gasteiger partial charge in [-0.1, -0.05) is 25.7 Å². The van der Waals surface area contributed by atoms with Crippen molar-refractivity contribution in [3.05, 3.63) is 0 Å². The van der Waals surface area contributed by atoms with E-state index >= 15 is 0 Å². The average molecular weight is 228 g/mol. The Morgan fingerprint density at radius 3 is 2.12 bits per heavy atom. The maximum absolute atomic E-state index is 9.82. The molecule has 3 heteroatoms. The van der Waals surface area contributed by atoms with Crippen molar-refractivity contribution in [2.75, 3.05) is 6.61 Å². The Kier molecular flexibility index (Phi) is 4.62. The van der Waals surface area contributed by atoms with Gasteiger partial charge in [0.25, 0.3) is 0 Å². The fourth-order valence-corrected chi connectivity index (χ4v) is 2.90. The van der Waals surface area contributed by atoms with Crippen LogP contribution in [0.3, 0.4) is 0 Å². The van der Waals surface area contributed by atoms with Crippen molar-refractivity contribution in [2.45, 2.75) is 69.7 Å². The Bertz CT molecular complexity index is 185. The van der Waals surface area contributed by atoms with Gasteiger partial charge >= 0.3 is 0 Å². The van der Waals surface area contributed by atoms with E-state index in [1.54, 1.807) is 0 Å². The van der Waals surface area contributed by atoms with Crippen LogP contribution in [-0.4, -0.2) is 35.1 Å². The molecule has 2 aliphatic rings. The summed E-state index contributed by atoms with van der Waals surface area (Å²) in [6, 6.07) is 0. The summed E-state index contributed by atoms with van der Waals surface area (Å²) in [6.07, 6.45) is 8.02. The topological polar surface area (TPSA) is 49.7 Å². The molecule has 2 aliphatic carbocycles. The minimum Gasteiger partial charge on any atom is -0.393 e. The molecule has 2 saturated carbocycles. The number of hydrogen-bond donors (Lipinski definition) is 2. The Labute approximate surface area is 97.8 Å². The SMILES string of the molecule is OC1CCCCC1COC1CCCCC1O. The van der Waals surface area contributed by atoms with Gasteiger partial charge in [0.05, 0.1) is 24.9 Å². The standard InChI is InChI=1S/C13H24O3/c14-11-6-2-1-5-10(11)9-16-13-8-4-3-7-12(13)15/h10-15H,1-9H2. The van der Waals surface area contributed by atoms with Gasteiger partial charge in [0.2, 0.25) is 0 Å². The fourth-order valence-electron chi connectivity index (χ4n) is 2.90. The van der Waals surface area contributed by atoms with Crippen LogP contribution in [0.4, 0.5) is 0 Å². The lowest BCUT2D eigenvalue weighted by Gasteiger charge is -2.32. The highest BCUT2D eigenvalue weighted by Crippen LogP contribution is 2.27. The Hall–Kier alpha value is -0.120. The third kappa shape index (κ3) is 3.19. The normalized spacial score (nSPS) is 40.9. The summed E-state index contributed by atoms with van der Waals surface area (Å²) in [4.78, 5) is 0. The van der Waals surface area contributed by atoms with Crippen molar-refractivity contribution in [1.29, 1.82) is 0 Å². The lowest BCUT2D eigenvalue weighted by molar-refractivity contribution is -0.0871. The number of aliphatic hydroxyl groups excluding tert-OH is 2. The van der Waals surface area contributed by atoms with E-state index in [2.05, 4.69) is 0 Å². The molecule has 4 unspecified atom stereocenters. The second-order valence-corrected chi connectivity index (χ2v) is 5.34. The molecule has 0 bridgehead atoms. The zero-order valence-corrected chi connectivity index (χ0v) is 9.98. The van der Waals surface area contributed by atoms with Gasteiger partial charge in [0.15, 0.2) is 0 Å². The summed E-state index contributed by atoms with van der Waals surface area (Å²) in [5.74, 6) is 0.294. The van der Waals surface area contributed by atoms with E-state index in [9.17, 15) is 10.2 Å². The molecular weight excluding hydrogens is 204 g/mol. The third-order valence-electron chi connectivity index (χ3n) is 4.06.